The molecule has 46 valence electrons. The van der Waals surface area contributed by atoms with Gasteiger partial charge in [-0.3, -0.25) is 0 Å². The van der Waals surface area contributed by atoms with Crippen molar-refractivity contribution in [2.75, 3.05) is 0 Å². The maximum atomic E-state index is 12.3. The molecule has 0 unspecified atom stereocenters. The molecule has 2 radical (unpaired) electrons. The second-order valence-corrected chi connectivity index (χ2v) is 2.00. The fourth-order valence-electron chi connectivity index (χ4n) is 0.639. The Bertz CT molecular complexity index is 216. The van der Waals surface area contributed by atoms with Gasteiger partial charge in [0.15, 0.2) is 0 Å². The molecule has 9 heavy (non-hydrogen) atoms. The quantitative estimate of drug-likeness (QED) is 0.494. The normalized spacial score (nSPS) is 9.67. The second kappa shape index (κ2) is 2.18. The van der Waals surface area contributed by atoms with Crippen LogP contribution in [0.25, 0.3) is 0 Å². The van der Waals surface area contributed by atoms with Crippen molar-refractivity contribution in [3.05, 3.63) is 42.1 Å². The summed E-state index contributed by atoms with van der Waals surface area (Å²) in [6.07, 6.45) is 0. The van der Waals surface area contributed by atoms with Crippen LogP contribution in [-0.2, 0) is 0 Å². The summed E-state index contributed by atoms with van der Waals surface area (Å²) in [7, 11) is 0. The zero-order valence-electron chi connectivity index (χ0n) is 5.19. The third-order valence-electron chi connectivity index (χ3n) is 1.23. The van der Waals surface area contributed by atoms with Crippen molar-refractivity contribution in [2.24, 2.45) is 0 Å². The number of aryl methyl sites for hydroxylation is 1. The molecule has 1 heteroatoms. The minimum atomic E-state index is -0.235. The molecule has 0 heterocycles. The third kappa shape index (κ3) is 1.28. The first-order valence-corrected chi connectivity index (χ1v) is 2.72. The minimum Gasteiger partial charge on any atom is -0.207 e. The molecule has 0 aliphatic rings. The van der Waals surface area contributed by atoms with Gasteiger partial charge in [-0.25, -0.2) is 4.39 Å². The van der Waals surface area contributed by atoms with Crippen molar-refractivity contribution in [3.8, 4) is 0 Å². The van der Waals surface area contributed by atoms with Crippen LogP contribution >= 0.6 is 0 Å². The van der Waals surface area contributed by atoms with Crippen LogP contribution < -0.4 is 0 Å². The Hall–Kier alpha value is -0.850. The lowest BCUT2D eigenvalue weighted by Gasteiger charge is -1.95. The number of rotatable bonds is 0. The zero-order chi connectivity index (χ0) is 6.85. The van der Waals surface area contributed by atoms with Gasteiger partial charge in [0.1, 0.15) is 5.82 Å². The first-order chi connectivity index (χ1) is 4.20. The SMILES string of the molecule is [CH]c1ccc(F)cc1C. The Labute approximate surface area is 54.3 Å². The Morgan fingerprint density at radius 3 is 2.56 bits per heavy atom. The molecule has 0 fully saturated rings. The molecule has 0 bridgehead atoms. The first-order valence-electron chi connectivity index (χ1n) is 2.72. The molecule has 1 rings (SSSR count). The average molecular weight is 122 g/mol. The highest BCUT2D eigenvalue weighted by Gasteiger charge is 1.92. The van der Waals surface area contributed by atoms with Crippen LogP contribution in [-0.4, -0.2) is 0 Å². The van der Waals surface area contributed by atoms with E-state index in [2.05, 4.69) is 0 Å². The van der Waals surface area contributed by atoms with Crippen molar-refractivity contribution in [1.82, 2.24) is 0 Å². The summed E-state index contributed by atoms with van der Waals surface area (Å²) >= 11 is 0. The van der Waals surface area contributed by atoms with Crippen LogP contribution in [0, 0.1) is 19.7 Å². The van der Waals surface area contributed by atoms with Gasteiger partial charge >= 0.3 is 0 Å². The van der Waals surface area contributed by atoms with Gasteiger partial charge < -0.3 is 0 Å². The van der Waals surface area contributed by atoms with E-state index in [9.17, 15) is 4.39 Å². The smallest absolute Gasteiger partial charge is 0.123 e. The fraction of sp³-hybridized carbons (Fsp3) is 0.125. The molecule has 0 aliphatic heterocycles. The highest BCUT2D eigenvalue weighted by atomic mass is 19.1. The Kier molecular flexibility index (Phi) is 1.52. The van der Waals surface area contributed by atoms with Crippen molar-refractivity contribution in [2.45, 2.75) is 6.92 Å². The predicted molar refractivity (Wildman–Crippen MR) is 34.5 cm³/mol. The highest BCUT2D eigenvalue weighted by molar-refractivity contribution is 5.28. The van der Waals surface area contributed by atoms with Crippen LogP contribution in [0.4, 0.5) is 4.39 Å². The molecule has 0 atom stereocenters. The summed E-state index contributed by atoms with van der Waals surface area (Å²) in [5.74, 6) is -0.235. The Morgan fingerprint density at radius 1 is 1.44 bits per heavy atom. The summed E-state index contributed by atoms with van der Waals surface area (Å²) in [4.78, 5) is 0. The summed E-state index contributed by atoms with van der Waals surface area (Å²) in [6.45, 7) is 7.20. The van der Waals surface area contributed by atoms with E-state index in [0.29, 0.717) is 5.56 Å². The number of hydrogen-bond acceptors (Lipinski definition) is 0. The Morgan fingerprint density at radius 2 is 2.11 bits per heavy atom. The molecule has 0 aliphatic carbocycles. The van der Waals surface area contributed by atoms with Gasteiger partial charge in [0.2, 0.25) is 0 Å². The van der Waals surface area contributed by atoms with E-state index in [1.165, 1.54) is 12.1 Å². The predicted octanol–water partition coefficient (Wildman–Crippen LogP) is 2.19. The summed E-state index contributed by atoms with van der Waals surface area (Å²) in [5.41, 5.74) is 1.42. The summed E-state index contributed by atoms with van der Waals surface area (Å²) in [6, 6.07) is 4.32. The van der Waals surface area contributed by atoms with Crippen LogP contribution in [0.1, 0.15) is 11.1 Å². The second-order valence-electron chi connectivity index (χ2n) is 2.00. The van der Waals surface area contributed by atoms with Gasteiger partial charge in [0.05, 0.1) is 0 Å². The molecule has 0 spiro atoms. The van der Waals surface area contributed by atoms with Gasteiger partial charge in [0.25, 0.3) is 0 Å². The molecule has 0 saturated heterocycles. The molecule has 1 aromatic rings. The average Bonchev–Trinajstić information content (AvgIpc) is 1.80. The molecule has 0 amide bonds. The van der Waals surface area contributed by atoms with E-state index in [1.807, 2.05) is 0 Å². The molecular formula is C8H7F. The van der Waals surface area contributed by atoms with E-state index >= 15 is 0 Å². The van der Waals surface area contributed by atoms with Crippen molar-refractivity contribution < 1.29 is 4.39 Å². The zero-order valence-corrected chi connectivity index (χ0v) is 5.19. The van der Waals surface area contributed by atoms with Crippen LogP contribution in [0.2, 0.25) is 0 Å². The Balaban J connectivity index is 3.17. The molecular weight excluding hydrogens is 115 g/mol. The minimum absolute atomic E-state index is 0.235. The molecule has 0 saturated carbocycles. The van der Waals surface area contributed by atoms with Gasteiger partial charge in [0, 0.05) is 0 Å². The largest absolute Gasteiger partial charge is 0.207 e. The van der Waals surface area contributed by atoms with Gasteiger partial charge in [-0.2, -0.15) is 0 Å². The lowest BCUT2D eigenvalue weighted by Crippen LogP contribution is -1.80. The number of hydrogen-bond donors (Lipinski definition) is 0. The van der Waals surface area contributed by atoms with E-state index in [-0.39, 0.29) is 5.82 Å². The third-order valence-corrected chi connectivity index (χ3v) is 1.23. The van der Waals surface area contributed by atoms with E-state index in [1.54, 1.807) is 13.0 Å². The number of benzene rings is 1. The van der Waals surface area contributed by atoms with E-state index in [4.69, 9.17) is 6.92 Å². The molecule has 0 nitrogen and oxygen atoms in total. The van der Waals surface area contributed by atoms with Crippen LogP contribution in [0.3, 0.4) is 0 Å². The standard InChI is InChI=1S/C8H7F/c1-6-3-4-8(9)5-7(6)2/h1,3-5H,2H3. The van der Waals surface area contributed by atoms with Crippen molar-refractivity contribution in [1.29, 1.82) is 0 Å². The van der Waals surface area contributed by atoms with Crippen LogP contribution in [0.5, 0.6) is 0 Å². The summed E-state index contributed by atoms with van der Waals surface area (Å²) in [5, 5.41) is 0. The van der Waals surface area contributed by atoms with E-state index in [0.717, 1.165) is 5.56 Å². The maximum Gasteiger partial charge on any atom is 0.123 e. The van der Waals surface area contributed by atoms with Gasteiger partial charge in [-0.05, 0) is 37.1 Å². The van der Waals surface area contributed by atoms with Crippen molar-refractivity contribution in [3.63, 3.8) is 0 Å². The van der Waals surface area contributed by atoms with Crippen LogP contribution in [0.15, 0.2) is 18.2 Å². The number of halogens is 1. The molecule has 1 aromatic carbocycles. The van der Waals surface area contributed by atoms with E-state index < -0.39 is 0 Å². The van der Waals surface area contributed by atoms with Gasteiger partial charge in [-0.15, -0.1) is 0 Å². The monoisotopic (exact) mass is 122 g/mol. The molecule has 0 N–H and O–H groups in total. The first kappa shape index (κ1) is 6.27. The van der Waals surface area contributed by atoms with Crippen molar-refractivity contribution >= 4 is 0 Å². The topological polar surface area (TPSA) is 0 Å². The maximum absolute atomic E-state index is 12.3. The fourth-order valence-corrected chi connectivity index (χ4v) is 0.639. The van der Waals surface area contributed by atoms with Gasteiger partial charge in [-0.1, -0.05) is 6.07 Å². The summed E-state index contributed by atoms with van der Waals surface area (Å²) < 4.78 is 12.3. The molecule has 0 aromatic heterocycles. The highest BCUT2D eigenvalue weighted by Crippen LogP contribution is 2.07. The lowest BCUT2D eigenvalue weighted by atomic mass is 10.1. The lowest BCUT2D eigenvalue weighted by molar-refractivity contribution is 0.626.